The largest absolute Gasteiger partial charge is 0.435 e. The molecule has 0 atom stereocenters. The number of nitrogens with zero attached hydrogens (tertiary/aromatic N) is 2. The van der Waals surface area contributed by atoms with E-state index in [-0.39, 0.29) is 11.6 Å². The van der Waals surface area contributed by atoms with Crippen molar-refractivity contribution in [3.05, 3.63) is 89.5 Å². The molecule has 0 aliphatic heterocycles. The Morgan fingerprint density at radius 2 is 1.61 bits per heavy atom. The fourth-order valence-corrected chi connectivity index (χ4v) is 3.47. The zero-order valence-electron chi connectivity index (χ0n) is 17.0. The van der Waals surface area contributed by atoms with E-state index < -0.39 is 6.61 Å². The van der Waals surface area contributed by atoms with Gasteiger partial charge in [0.15, 0.2) is 5.82 Å². The number of hydrogen-bond donors (Lipinski definition) is 0. The Kier molecular flexibility index (Phi) is 6.16. The summed E-state index contributed by atoms with van der Waals surface area (Å²) in [6, 6.07) is 15.6. The molecule has 0 fully saturated rings. The van der Waals surface area contributed by atoms with Gasteiger partial charge in [0, 0.05) is 23.3 Å². The second kappa shape index (κ2) is 9.16. The Morgan fingerprint density at radius 3 is 2.29 bits per heavy atom. The maximum Gasteiger partial charge on any atom is 0.387 e. The van der Waals surface area contributed by atoms with E-state index in [2.05, 4.69) is 14.7 Å². The molecule has 4 rings (SSSR count). The molecule has 1 aromatic heterocycles. The second-order valence-electron chi connectivity index (χ2n) is 7.27. The predicted octanol–water partition coefficient (Wildman–Crippen LogP) is 6.38. The molecule has 6 heteroatoms. The molecule has 1 heterocycles. The lowest BCUT2D eigenvalue weighted by Crippen LogP contribution is -2.02. The van der Waals surface area contributed by atoms with E-state index in [1.165, 1.54) is 12.1 Å². The number of alkyl halides is 2. The molecule has 3 nitrogen and oxygen atoms in total. The van der Waals surface area contributed by atoms with Gasteiger partial charge in [0.25, 0.3) is 0 Å². The van der Waals surface area contributed by atoms with Gasteiger partial charge in [-0.3, -0.25) is 0 Å². The summed E-state index contributed by atoms with van der Waals surface area (Å²) in [6.45, 7) is -0.800. The molecule has 158 valence electrons. The molecule has 0 saturated carbocycles. The first-order valence-corrected chi connectivity index (χ1v) is 10.1. The van der Waals surface area contributed by atoms with Gasteiger partial charge in [-0.15, -0.1) is 0 Å². The molecule has 0 unspecified atom stereocenters. The fourth-order valence-electron chi connectivity index (χ4n) is 3.47. The first-order valence-electron chi connectivity index (χ1n) is 10.1. The van der Waals surface area contributed by atoms with E-state index in [0.717, 1.165) is 28.5 Å². The van der Waals surface area contributed by atoms with E-state index in [0.29, 0.717) is 29.6 Å². The van der Waals surface area contributed by atoms with Crippen LogP contribution in [0.15, 0.2) is 67.0 Å². The van der Waals surface area contributed by atoms with Gasteiger partial charge < -0.3 is 4.74 Å². The van der Waals surface area contributed by atoms with E-state index >= 15 is 4.39 Å². The Balaban J connectivity index is 1.51. The quantitative estimate of drug-likeness (QED) is 0.346. The highest BCUT2D eigenvalue weighted by molar-refractivity contribution is 5.87. The van der Waals surface area contributed by atoms with Crippen LogP contribution in [0, 0.1) is 5.82 Å². The minimum atomic E-state index is -2.85. The van der Waals surface area contributed by atoms with Crippen LogP contribution in [0.3, 0.4) is 0 Å². The Hall–Kier alpha value is -3.41. The number of halogens is 3. The van der Waals surface area contributed by atoms with Crippen molar-refractivity contribution in [1.82, 2.24) is 9.97 Å². The van der Waals surface area contributed by atoms with Gasteiger partial charge in [-0.2, -0.15) is 8.78 Å². The Morgan fingerprint density at radius 1 is 0.871 bits per heavy atom. The molecule has 0 N–H and O–H groups in total. The molecule has 31 heavy (non-hydrogen) atoms. The fraction of sp³-hybridized carbons (Fsp3) is 0.200. The average Bonchev–Trinajstić information content (AvgIpc) is 2.79. The summed E-state index contributed by atoms with van der Waals surface area (Å²) in [6.07, 6.45) is 5.58. The molecule has 0 spiro atoms. The van der Waals surface area contributed by atoms with Gasteiger partial charge >= 0.3 is 6.61 Å². The van der Waals surface area contributed by atoms with Crippen LogP contribution in [-0.4, -0.2) is 16.6 Å². The SMILES string of the molecule is CCc1cnc(-c2ccc3c(F)c(CCc4ccc(OC(F)F)cc4)ccc3c2)nc1. The highest BCUT2D eigenvalue weighted by atomic mass is 19.3. The zero-order chi connectivity index (χ0) is 21.8. The van der Waals surface area contributed by atoms with E-state index in [9.17, 15) is 8.78 Å². The van der Waals surface area contributed by atoms with Gasteiger partial charge in [0.2, 0.25) is 0 Å². The number of aromatic nitrogens is 2. The minimum absolute atomic E-state index is 0.111. The Labute approximate surface area is 178 Å². The third kappa shape index (κ3) is 4.85. The molecule has 0 bridgehead atoms. The molecule has 0 amide bonds. The van der Waals surface area contributed by atoms with Crippen molar-refractivity contribution in [3.63, 3.8) is 0 Å². The number of hydrogen-bond acceptors (Lipinski definition) is 3. The predicted molar refractivity (Wildman–Crippen MR) is 115 cm³/mol. The second-order valence-corrected chi connectivity index (χ2v) is 7.27. The Bertz CT molecular complexity index is 1180. The monoisotopic (exact) mass is 422 g/mol. The number of aryl methyl sites for hydroxylation is 3. The van der Waals surface area contributed by atoms with Crippen LogP contribution in [0.1, 0.15) is 23.6 Å². The minimum Gasteiger partial charge on any atom is -0.435 e. The van der Waals surface area contributed by atoms with E-state index in [4.69, 9.17) is 0 Å². The lowest BCUT2D eigenvalue weighted by atomic mass is 9.99. The maximum absolute atomic E-state index is 15.1. The number of ether oxygens (including phenoxy) is 1. The molecule has 0 aliphatic rings. The zero-order valence-corrected chi connectivity index (χ0v) is 17.0. The third-order valence-electron chi connectivity index (χ3n) is 5.24. The average molecular weight is 422 g/mol. The van der Waals surface area contributed by atoms with Crippen molar-refractivity contribution >= 4 is 10.8 Å². The van der Waals surface area contributed by atoms with Crippen molar-refractivity contribution in [3.8, 4) is 17.1 Å². The molecule has 4 aromatic rings. The van der Waals surface area contributed by atoms with Crippen molar-refractivity contribution in [2.45, 2.75) is 32.8 Å². The molecular formula is C25H21F3N2O. The summed E-state index contributed by atoms with van der Waals surface area (Å²) in [7, 11) is 0. The topological polar surface area (TPSA) is 35.0 Å². The van der Waals surface area contributed by atoms with Crippen LogP contribution in [-0.2, 0) is 19.3 Å². The van der Waals surface area contributed by atoms with Crippen LogP contribution in [0.5, 0.6) is 5.75 Å². The first-order chi connectivity index (χ1) is 15.0. The van der Waals surface area contributed by atoms with E-state index in [1.54, 1.807) is 24.3 Å². The first kappa shape index (κ1) is 20.8. The van der Waals surface area contributed by atoms with Gasteiger partial charge in [0.05, 0.1) is 0 Å². The number of benzene rings is 3. The van der Waals surface area contributed by atoms with Gasteiger partial charge in [-0.05, 0) is 59.5 Å². The van der Waals surface area contributed by atoms with Crippen molar-refractivity contribution in [1.29, 1.82) is 0 Å². The lowest BCUT2D eigenvalue weighted by molar-refractivity contribution is -0.0498. The van der Waals surface area contributed by atoms with E-state index in [1.807, 2.05) is 37.5 Å². The highest BCUT2D eigenvalue weighted by Crippen LogP contribution is 2.27. The van der Waals surface area contributed by atoms with Crippen LogP contribution < -0.4 is 4.74 Å². The molecule has 0 saturated heterocycles. The number of rotatable bonds is 7. The molecule has 3 aromatic carbocycles. The summed E-state index contributed by atoms with van der Waals surface area (Å²) in [5, 5.41) is 1.34. The molecular weight excluding hydrogens is 401 g/mol. The van der Waals surface area contributed by atoms with Crippen LogP contribution in [0.2, 0.25) is 0 Å². The summed E-state index contributed by atoms with van der Waals surface area (Å²) in [5.41, 5.74) is 3.44. The van der Waals surface area contributed by atoms with Crippen LogP contribution in [0.4, 0.5) is 13.2 Å². The summed E-state index contributed by atoms with van der Waals surface area (Å²) in [5.74, 6) is 0.478. The smallest absolute Gasteiger partial charge is 0.387 e. The maximum atomic E-state index is 15.1. The van der Waals surface area contributed by atoms with Crippen molar-refractivity contribution < 1.29 is 17.9 Å². The summed E-state index contributed by atoms with van der Waals surface area (Å²) < 4.78 is 43.9. The van der Waals surface area contributed by atoms with Crippen molar-refractivity contribution in [2.75, 3.05) is 0 Å². The van der Waals surface area contributed by atoms with Gasteiger partial charge in [-0.25, -0.2) is 14.4 Å². The molecule has 0 radical (unpaired) electrons. The van der Waals surface area contributed by atoms with Gasteiger partial charge in [-0.1, -0.05) is 43.3 Å². The lowest BCUT2D eigenvalue weighted by Gasteiger charge is -2.09. The van der Waals surface area contributed by atoms with Crippen LogP contribution in [0.25, 0.3) is 22.2 Å². The van der Waals surface area contributed by atoms with Gasteiger partial charge in [0.1, 0.15) is 11.6 Å². The van der Waals surface area contributed by atoms with Crippen molar-refractivity contribution in [2.24, 2.45) is 0 Å². The standard InChI is InChI=1S/C25H21F3N2O/c1-2-16-14-29-24(30-15-16)20-9-12-22-19(13-20)8-7-18(23(22)26)6-3-17-4-10-21(11-5-17)31-25(27)28/h4-5,7-15,25H,2-3,6H2,1H3. The normalized spacial score (nSPS) is 11.3. The summed E-state index contributed by atoms with van der Waals surface area (Å²) >= 11 is 0. The van der Waals surface area contributed by atoms with Crippen LogP contribution >= 0.6 is 0 Å². The highest BCUT2D eigenvalue weighted by Gasteiger charge is 2.10. The summed E-state index contributed by atoms with van der Waals surface area (Å²) in [4.78, 5) is 8.79. The third-order valence-corrected chi connectivity index (χ3v) is 5.24. The molecule has 0 aliphatic carbocycles. The number of fused-ring (bicyclic) bond motifs is 1.